The number of hydrogen-bond acceptors (Lipinski definition) is 4. The van der Waals surface area contributed by atoms with Gasteiger partial charge in [0.05, 0.1) is 5.75 Å². The molecule has 25 heavy (non-hydrogen) atoms. The molecule has 0 saturated heterocycles. The van der Waals surface area contributed by atoms with Gasteiger partial charge in [-0.1, -0.05) is 25.4 Å². The molecule has 0 amide bonds. The monoisotopic (exact) mass is 400 g/mol. The molecule has 3 rings (SSSR count). The lowest BCUT2D eigenvalue weighted by Gasteiger charge is -2.19. The van der Waals surface area contributed by atoms with Crippen molar-refractivity contribution in [1.29, 1.82) is 0 Å². The Bertz CT molecular complexity index is 890. The van der Waals surface area contributed by atoms with E-state index < -0.39 is 10.0 Å². The van der Waals surface area contributed by atoms with Crippen LogP contribution in [0.15, 0.2) is 12.1 Å². The Morgan fingerprint density at radius 2 is 2.04 bits per heavy atom. The van der Waals surface area contributed by atoms with Crippen LogP contribution in [-0.4, -0.2) is 44.0 Å². The minimum atomic E-state index is -3.24. The van der Waals surface area contributed by atoms with Gasteiger partial charge < -0.3 is 4.90 Å². The highest BCUT2D eigenvalue weighted by Gasteiger charge is 2.25. The molecule has 7 heteroatoms. The van der Waals surface area contributed by atoms with E-state index in [9.17, 15) is 8.42 Å². The first-order chi connectivity index (χ1) is 11.7. The second-order valence-electron chi connectivity index (χ2n) is 7.32. The van der Waals surface area contributed by atoms with Crippen LogP contribution in [0.3, 0.4) is 0 Å². The van der Waals surface area contributed by atoms with Gasteiger partial charge >= 0.3 is 0 Å². The zero-order valence-electron chi connectivity index (χ0n) is 15.2. The molecule has 0 aliphatic carbocycles. The summed E-state index contributed by atoms with van der Waals surface area (Å²) in [4.78, 5) is 3.41. The van der Waals surface area contributed by atoms with Crippen molar-refractivity contribution in [3.8, 4) is 0 Å². The summed E-state index contributed by atoms with van der Waals surface area (Å²) in [6, 6.07) is 4.03. The zero-order valence-corrected chi connectivity index (χ0v) is 17.6. The van der Waals surface area contributed by atoms with E-state index >= 15 is 0 Å². The van der Waals surface area contributed by atoms with Crippen molar-refractivity contribution < 1.29 is 8.42 Å². The molecule has 0 radical (unpaired) electrons. The van der Waals surface area contributed by atoms with Gasteiger partial charge in [-0.25, -0.2) is 8.42 Å². The Balaban J connectivity index is 2.03. The van der Waals surface area contributed by atoms with E-state index in [0.29, 0.717) is 6.54 Å². The van der Waals surface area contributed by atoms with Crippen LogP contribution in [0.1, 0.15) is 29.9 Å². The highest BCUT2D eigenvalue weighted by molar-refractivity contribution is 7.89. The highest BCUT2D eigenvalue weighted by atomic mass is 35.5. The number of sulfonamides is 1. The quantitative estimate of drug-likeness (QED) is 0.762. The van der Waals surface area contributed by atoms with Gasteiger partial charge in [-0.05, 0) is 42.6 Å². The third kappa shape index (κ3) is 3.88. The fraction of sp³-hybridized carbons (Fsp3) is 0.556. The minimum absolute atomic E-state index is 0.118. The number of nitrogens with zero attached hydrogens (tertiary/aromatic N) is 2. The molecule has 0 unspecified atom stereocenters. The van der Waals surface area contributed by atoms with Gasteiger partial charge in [-0.15, -0.1) is 11.3 Å². The van der Waals surface area contributed by atoms with Crippen molar-refractivity contribution in [2.24, 2.45) is 5.92 Å². The van der Waals surface area contributed by atoms with Crippen LogP contribution < -0.4 is 0 Å². The molecule has 0 atom stereocenters. The lowest BCUT2D eigenvalue weighted by Crippen LogP contribution is -2.30. The third-order valence-electron chi connectivity index (χ3n) is 4.65. The SMILES string of the molecule is CC(C)CS(=O)(=O)N(C)Cc1sc2ccc(Cl)c3c2c1CN(C)CC3. The van der Waals surface area contributed by atoms with E-state index in [0.717, 1.165) is 29.4 Å². The summed E-state index contributed by atoms with van der Waals surface area (Å²) < 4.78 is 27.8. The lowest BCUT2D eigenvalue weighted by molar-refractivity contribution is 0.335. The van der Waals surface area contributed by atoms with E-state index in [1.807, 2.05) is 19.9 Å². The van der Waals surface area contributed by atoms with Crippen LogP contribution in [0, 0.1) is 5.92 Å². The van der Waals surface area contributed by atoms with Crippen LogP contribution >= 0.6 is 22.9 Å². The fourth-order valence-corrected chi connectivity index (χ4v) is 6.45. The number of hydrogen-bond donors (Lipinski definition) is 0. The molecular formula is C18H25ClN2O2S2. The summed E-state index contributed by atoms with van der Waals surface area (Å²) in [5.74, 6) is 0.300. The van der Waals surface area contributed by atoms with Crippen molar-refractivity contribution in [2.45, 2.75) is 33.4 Å². The maximum absolute atomic E-state index is 12.5. The molecule has 1 aromatic heterocycles. The molecule has 1 aliphatic heterocycles. The van der Waals surface area contributed by atoms with Gasteiger partial charge in [0.1, 0.15) is 0 Å². The molecule has 0 fully saturated rings. The second-order valence-corrected chi connectivity index (χ2v) is 11.0. The molecule has 1 aromatic carbocycles. The molecule has 2 aromatic rings. The number of rotatable bonds is 5. The Hall–Kier alpha value is -0.660. The largest absolute Gasteiger partial charge is 0.302 e. The fourth-order valence-electron chi connectivity index (χ4n) is 3.39. The van der Waals surface area contributed by atoms with Crippen molar-refractivity contribution in [3.05, 3.63) is 33.2 Å². The van der Waals surface area contributed by atoms with Crippen molar-refractivity contribution in [3.63, 3.8) is 0 Å². The number of thiophene rings is 1. The van der Waals surface area contributed by atoms with Crippen LogP contribution in [0.25, 0.3) is 10.1 Å². The average molecular weight is 401 g/mol. The first-order valence-corrected chi connectivity index (χ1v) is 11.3. The van der Waals surface area contributed by atoms with E-state index in [-0.39, 0.29) is 11.7 Å². The van der Waals surface area contributed by atoms with E-state index in [1.165, 1.54) is 25.5 Å². The Kier molecular flexibility index (Phi) is 5.47. The van der Waals surface area contributed by atoms with E-state index in [4.69, 9.17) is 11.6 Å². The normalized spacial score (nSPS) is 16.1. The molecule has 0 spiro atoms. The molecule has 0 bridgehead atoms. The van der Waals surface area contributed by atoms with Gasteiger partial charge in [-0.3, -0.25) is 0 Å². The van der Waals surface area contributed by atoms with Crippen LogP contribution in [0.4, 0.5) is 0 Å². The molecule has 2 heterocycles. The summed E-state index contributed by atoms with van der Waals surface area (Å²) >= 11 is 8.15. The van der Waals surface area contributed by atoms with Crippen molar-refractivity contribution in [1.82, 2.24) is 9.21 Å². The van der Waals surface area contributed by atoms with Crippen LogP contribution in [-0.2, 0) is 29.5 Å². The van der Waals surface area contributed by atoms with Crippen molar-refractivity contribution >= 4 is 43.0 Å². The Morgan fingerprint density at radius 3 is 2.72 bits per heavy atom. The summed E-state index contributed by atoms with van der Waals surface area (Å²) in [5.41, 5.74) is 2.44. The standard InChI is InChI=1S/C18H25ClN2O2S2/c1-12(2)11-25(22,23)21(4)10-17-14-9-20(3)8-7-13-15(19)5-6-16(24-17)18(13)14/h5-6,12H,7-11H2,1-4H3. The molecule has 138 valence electrons. The lowest BCUT2D eigenvalue weighted by atomic mass is 10.0. The van der Waals surface area contributed by atoms with Gasteiger partial charge in [0.2, 0.25) is 10.0 Å². The number of likely N-dealkylation sites (N-methyl/N-ethyl adjacent to an activating group) is 1. The molecular weight excluding hydrogens is 376 g/mol. The number of benzene rings is 1. The first kappa shape index (κ1) is 19.1. The maximum Gasteiger partial charge on any atom is 0.214 e. The van der Waals surface area contributed by atoms with Gasteiger partial charge in [0.15, 0.2) is 0 Å². The van der Waals surface area contributed by atoms with Gasteiger partial charge in [0.25, 0.3) is 0 Å². The van der Waals surface area contributed by atoms with E-state index in [2.05, 4.69) is 18.0 Å². The topological polar surface area (TPSA) is 40.6 Å². The third-order valence-corrected chi connectivity index (χ3v) is 8.35. The Labute approximate surface area is 159 Å². The summed E-state index contributed by atoms with van der Waals surface area (Å²) in [7, 11) is 0.544. The number of halogens is 1. The average Bonchev–Trinajstić information content (AvgIpc) is 2.71. The summed E-state index contributed by atoms with van der Waals surface area (Å²) in [5, 5.41) is 2.06. The molecule has 4 nitrogen and oxygen atoms in total. The first-order valence-electron chi connectivity index (χ1n) is 8.53. The molecule has 1 aliphatic rings. The van der Waals surface area contributed by atoms with Gasteiger partial charge in [0, 0.05) is 46.7 Å². The van der Waals surface area contributed by atoms with Gasteiger partial charge in [-0.2, -0.15) is 4.31 Å². The smallest absolute Gasteiger partial charge is 0.214 e. The second kappa shape index (κ2) is 7.16. The predicted octanol–water partition coefficient (Wildman–Crippen LogP) is 3.96. The summed E-state index contributed by atoms with van der Waals surface area (Å²) in [6.45, 7) is 6.08. The Morgan fingerprint density at radius 1 is 1.32 bits per heavy atom. The van der Waals surface area contributed by atoms with Crippen molar-refractivity contribution in [2.75, 3.05) is 26.4 Å². The molecule has 0 N–H and O–H groups in total. The highest BCUT2D eigenvalue weighted by Crippen LogP contribution is 2.40. The zero-order chi connectivity index (χ0) is 18.4. The maximum atomic E-state index is 12.5. The predicted molar refractivity (Wildman–Crippen MR) is 107 cm³/mol. The van der Waals surface area contributed by atoms with E-state index in [1.54, 1.807) is 18.4 Å². The van der Waals surface area contributed by atoms with Crippen LogP contribution in [0.2, 0.25) is 5.02 Å². The molecule has 0 saturated carbocycles. The van der Waals surface area contributed by atoms with Crippen LogP contribution in [0.5, 0.6) is 0 Å². The summed E-state index contributed by atoms with van der Waals surface area (Å²) in [6.07, 6.45) is 0.928. The minimum Gasteiger partial charge on any atom is -0.302 e.